The molecule has 0 aliphatic carbocycles. The third kappa shape index (κ3) is 3.10. The van der Waals surface area contributed by atoms with Crippen molar-refractivity contribution in [3.63, 3.8) is 0 Å². The Labute approximate surface area is 111 Å². The first kappa shape index (κ1) is 13.1. The van der Waals surface area contributed by atoms with Crippen molar-refractivity contribution < 1.29 is 9.66 Å². The number of ether oxygens (including phenoxy) is 1. The monoisotopic (exact) mass is 257 g/mol. The Morgan fingerprint density at radius 3 is 2.47 bits per heavy atom. The van der Waals surface area contributed by atoms with E-state index in [9.17, 15) is 10.1 Å². The number of benzene rings is 2. The van der Waals surface area contributed by atoms with E-state index in [-0.39, 0.29) is 5.69 Å². The van der Waals surface area contributed by atoms with Gasteiger partial charge in [0, 0.05) is 12.1 Å². The average molecular weight is 257 g/mol. The Kier molecular flexibility index (Phi) is 3.80. The molecule has 0 bridgehead atoms. The van der Waals surface area contributed by atoms with Crippen LogP contribution in [0.2, 0.25) is 0 Å². The average Bonchev–Trinajstić information content (AvgIpc) is 2.39. The number of nitrogens with zero attached hydrogens (tertiary/aromatic N) is 1. The van der Waals surface area contributed by atoms with Crippen molar-refractivity contribution in [3.8, 4) is 5.75 Å². The highest BCUT2D eigenvalue weighted by atomic mass is 16.6. The largest absolute Gasteiger partial charge is 0.489 e. The molecular formula is C15H15NO3. The minimum Gasteiger partial charge on any atom is -0.489 e. The van der Waals surface area contributed by atoms with E-state index in [1.165, 1.54) is 17.7 Å². The summed E-state index contributed by atoms with van der Waals surface area (Å²) in [5.74, 6) is 0.675. The zero-order chi connectivity index (χ0) is 13.8. The highest BCUT2D eigenvalue weighted by Gasteiger charge is 2.09. The van der Waals surface area contributed by atoms with Gasteiger partial charge in [0.2, 0.25) is 0 Å². The van der Waals surface area contributed by atoms with Gasteiger partial charge in [-0.15, -0.1) is 0 Å². The first-order chi connectivity index (χ1) is 9.08. The fourth-order valence-corrected chi connectivity index (χ4v) is 1.84. The third-order valence-electron chi connectivity index (χ3n) is 3.01. The predicted molar refractivity (Wildman–Crippen MR) is 73.3 cm³/mol. The molecule has 0 atom stereocenters. The van der Waals surface area contributed by atoms with E-state index in [0.29, 0.717) is 12.4 Å². The van der Waals surface area contributed by atoms with Crippen LogP contribution in [0.15, 0.2) is 42.5 Å². The predicted octanol–water partition coefficient (Wildman–Crippen LogP) is 3.79. The van der Waals surface area contributed by atoms with Crippen molar-refractivity contribution in [2.24, 2.45) is 0 Å². The number of non-ortho nitro benzene ring substituents is 1. The van der Waals surface area contributed by atoms with Crippen molar-refractivity contribution in [2.45, 2.75) is 20.5 Å². The Morgan fingerprint density at radius 2 is 1.84 bits per heavy atom. The van der Waals surface area contributed by atoms with Gasteiger partial charge in [-0.3, -0.25) is 10.1 Å². The van der Waals surface area contributed by atoms with Crippen LogP contribution in [-0.2, 0) is 6.61 Å². The molecule has 0 heterocycles. The maximum Gasteiger partial charge on any atom is 0.269 e. The Balaban J connectivity index is 2.12. The maximum absolute atomic E-state index is 10.7. The van der Waals surface area contributed by atoms with Gasteiger partial charge in [0.05, 0.1) is 4.92 Å². The minimum atomic E-state index is -0.405. The zero-order valence-corrected chi connectivity index (χ0v) is 10.9. The zero-order valence-electron chi connectivity index (χ0n) is 10.9. The summed E-state index contributed by atoms with van der Waals surface area (Å²) in [4.78, 5) is 10.2. The maximum atomic E-state index is 10.7. The summed E-state index contributed by atoms with van der Waals surface area (Å²) in [7, 11) is 0. The van der Waals surface area contributed by atoms with Gasteiger partial charge in [0.15, 0.2) is 0 Å². The number of rotatable bonds is 4. The van der Waals surface area contributed by atoms with Crippen molar-refractivity contribution in [1.82, 2.24) is 0 Å². The van der Waals surface area contributed by atoms with Crippen LogP contribution in [0.5, 0.6) is 5.75 Å². The molecule has 0 fully saturated rings. The standard InChI is InChI=1S/C15H15NO3/c1-11-5-3-4-6-13(11)10-19-15-8-7-14(16(17)18)9-12(15)2/h3-9H,10H2,1-2H3. The molecule has 4 nitrogen and oxygen atoms in total. The number of nitro groups is 1. The summed E-state index contributed by atoms with van der Waals surface area (Å²) in [5, 5.41) is 10.7. The van der Waals surface area contributed by atoms with E-state index >= 15 is 0 Å². The Bertz CT molecular complexity index is 608. The Morgan fingerprint density at radius 1 is 1.11 bits per heavy atom. The number of hydrogen-bond donors (Lipinski definition) is 0. The molecule has 0 aliphatic rings. The van der Waals surface area contributed by atoms with Gasteiger partial charge in [-0.1, -0.05) is 24.3 Å². The topological polar surface area (TPSA) is 52.4 Å². The van der Waals surface area contributed by atoms with E-state index < -0.39 is 4.92 Å². The van der Waals surface area contributed by atoms with E-state index in [0.717, 1.165) is 11.1 Å². The van der Waals surface area contributed by atoms with Crippen molar-refractivity contribution >= 4 is 5.69 Å². The lowest BCUT2D eigenvalue weighted by molar-refractivity contribution is -0.384. The fourth-order valence-electron chi connectivity index (χ4n) is 1.84. The quantitative estimate of drug-likeness (QED) is 0.618. The summed E-state index contributed by atoms with van der Waals surface area (Å²) >= 11 is 0. The highest BCUT2D eigenvalue weighted by molar-refractivity contribution is 5.43. The fraction of sp³-hybridized carbons (Fsp3) is 0.200. The molecule has 98 valence electrons. The van der Waals surface area contributed by atoms with Gasteiger partial charge in [0.25, 0.3) is 5.69 Å². The summed E-state index contributed by atoms with van der Waals surface area (Å²) in [6.45, 7) is 4.30. The normalized spacial score (nSPS) is 10.2. The number of nitro benzene ring substituents is 1. The summed E-state index contributed by atoms with van der Waals surface area (Å²) in [6, 6.07) is 12.6. The third-order valence-corrected chi connectivity index (χ3v) is 3.01. The molecule has 0 saturated carbocycles. The van der Waals surface area contributed by atoms with Gasteiger partial charge >= 0.3 is 0 Å². The van der Waals surface area contributed by atoms with Crippen molar-refractivity contribution in [1.29, 1.82) is 0 Å². The van der Waals surface area contributed by atoms with Crippen LogP contribution in [0.4, 0.5) is 5.69 Å². The van der Waals surface area contributed by atoms with Crippen LogP contribution in [0.1, 0.15) is 16.7 Å². The molecule has 4 heteroatoms. The molecule has 0 N–H and O–H groups in total. The van der Waals surface area contributed by atoms with Crippen LogP contribution >= 0.6 is 0 Å². The van der Waals surface area contributed by atoms with Gasteiger partial charge < -0.3 is 4.74 Å². The lowest BCUT2D eigenvalue weighted by atomic mass is 10.1. The molecular weight excluding hydrogens is 242 g/mol. The molecule has 0 amide bonds. The van der Waals surface area contributed by atoms with Gasteiger partial charge in [-0.25, -0.2) is 0 Å². The molecule has 2 rings (SSSR count). The van der Waals surface area contributed by atoms with Crippen LogP contribution in [-0.4, -0.2) is 4.92 Å². The first-order valence-electron chi connectivity index (χ1n) is 6.00. The Hall–Kier alpha value is -2.36. The SMILES string of the molecule is Cc1ccccc1COc1ccc([N+](=O)[O-])cc1C. The van der Waals surface area contributed by atoms with Gasteiger partial charge in [-0.2, -0.15) is 0 Å². The minimum absolute atomic E-state index is 0.0840. The highest BCUT2D eigenvalue weighted by Crippen LogP contribution is 2.24. The first-order valence-corrected chi connectivity index (χ1v) is 6.00. The van der Waals surface area contributed by atoms with E-state index in [1.807, 2.05) is 31.2 Å². The van der Waals surface area contributed by atoms with E-state index in [2.05, 4.69) is 0 Å². The summed E-state index contributed by atoms with van der Waals surface area (Å²) in [5.41, 5.74) is 3.13. The van der Waals surface area contributed by atoms with E-state index in [1.54, 1.807) is 13.0 Å². The van der Waals surface area contributed by atoms with Crippen LogP contribution in [0.3, 0.4) is 0 Å². The molecule has 2 aromatic rings. The van der Waals surface area contributed by atoms with Crippen LogP contribution < -0.4 is 4.74 Å². The van der Waals surface area contributed by atoms with Gasteiger partial charge in [-0.05, 0) is 36.6 Å². The number of hydrogen-bond acceptors (Lipinski definition) is 3. The van der Waals surface area contributed by atoms with Crippen molar-refractivity contribution in [3.05, 3.63) is 69.3 Å². The van der Waals surface area contributed by atoms with Crippen LogP contribution in [0.25, 0.3) is 0 Å². The van der Waals surface area contributed by atoms with E-state index in [4.69, 9.17) is 4.74 Å². The molecule has 19 heavy (non-hydrogen) atoms. The smallest absolute Gasteiger partial charge is 0.269 e. The molecule has 0 radical (unpaired) electrons. The second kappa shape index (κ2) is 5.52. The summed E-state index contributed by atoms with van der Waals surface area (Å²) in [6.07, 6.45) is 0. The number of aryl methyl sites for hydroxylation is 2. The van der Waals surface area contributed by atoms with Gasteiger partial charge in [0.1, 0.15) is 12.4 Å². The molecule has 0 unspecified atom stereocenters. The van der Waals surface area contributed by atoms with Crippen LogP contribution in [0, 0.1) is 24.0 Å². The molecule has 2 aromatic carbocycles. The second-order valence-corrected chi connectivity index (χ2v) is 4.42. The molecule has 0 aliphatic heterocycles. The molecule has 0 saturated heterocycles. The second-order valence-electron chi connectivity index (χ2n) is 4.42. The lowest BCUT2D eigenvalue weighted by Crippen LogP contribution is -1.99. The summed E-state index contributed by atoms with van der Waals surface area (Å²) < 4.78 is 5.72. The molecule has 0 aromatic heterocycles. The molecule has 0 spiro atoms. The van der Waals surface area contributed by atoms with Crippen molar-refractivity contribution in [2.75, 3.05) is 0 Å². The lowest BCUT2D eigenvalue weighted by Gasteiger charge is -2.10.